The fourth-order valence-electron chi connectivity index (χ4n) is 4.81. The lowest BCUT2D eigenvalue weighted by atomic mass is 9.97. The average Bonchev–Trinajstić information content (AvgIpc) is 3.11. The predicted molar refractivity (Wildman–Crippen MR) is 123 cm³/mol. The van der Waals surface area contributed by atoms with Crippen LogP contribution < -0.4 is 5.56 Å². The van der Waals surface area contributed by atoms with Crippen molar-refractivity contribution in [3.8, 4) is 0 Å². The quantitative estimate of drug-likeness (QED) is 0.695. The number of aromatic nitrogens is 2. The third-order valence-corrected chi connectivity index (χ3v) is 7.80. The number of piperazine rings is 1. The van der Waals surface area contributed by atoms with E-state index in [1.165, 1.54) is 40.0 Å². The molecule has 0 unspecified atom stereocenters. The van der Waals surface area contributed by atoms with Gasteiger partial charge in [0, 0.05) is 37.6 Å². The minimum atomic E-state index is 0.0583. The minimum Gasteiger partial charge on any atom is -0.309 e. The Kier molecular flexibility index (Phi) is 5.48. The van der Waals surface area contributed by atoms with E-state index in [0.29, 0.717) is 0 Å². The smallest absolute Gasteiger partial charge is 0.259 e. The van der Waals surface area contributed by atoms with Crippen LogP contribution in [0.25, 0.3) is 10.2 Å². The zero-order valence-corrected chi connectivity index (χ0v) is 18.8. The molecule has 6 heteroatoms. The average molecular weight is 423 g/mol. The highest BCUT2D eigenvalue weighted by Gasteiger charge is 2.22. The minimum absolute atomic E-state index is 0.0583. The lowest BCUT2D eigenvalue weighted by molar-refractivity contribution is 0.120. The van der Waals surface area contributed by atoms with E-state index in [-0.39, 0.29) is 5.56 Å². The van der Waals surface area contributed by atoms with E-state index >= 15 is 0 Å². The van der Waals surface area contributed by atoms with Gasteiger partial charge in [-0.3, -0.25) is 14.6 Å². The van der Waals surface area contributed by atoms with Crippen LogP contribution in [0.5, 0.6) is 0 Å². The van der Waals surface area contributed by atoms with E-state index < -0.39 is 0 Å². The number of benzene rings is 1. The number of nitrogens with zero attached hydrogens (tertiary/aromatic N) is 3. The molecule has 1 saturated heterocycles. The Balaban J connectivity index is 1.25. The fraction of sp³-hybridized carbons (Fsp3) is 0.500. The van der Waals surface area contributed by atoms with Crippen molar-refractivity contribution in [1.82, 2.24) is 19.8 Å². The third-order valence-electron chi connectivity index (χ3n) is 6.61. The van der Waals surface area contributed by atoms with Crippen LogP contribution in [-0.4, -0.2) is 45.9 Å². The van der Waals surface area contributed by atoms with Gasteiger partial charge in [0.05, 0.1) is 11.9 Å². The van der Waals surface area contributed by atoms with E-state index in [1.807, 2.05) is 0 Å². The molecule has 158 valence electrons. The standard InChI is InChI=1S/C24H30N4OS/c1-16-7-8-17(2)18(13-16)14-27-9-11-28(12-10-27)15-21-25-23(29)22-19-5-3-4-6-20(19)30-24(22)26-21/h7-8,13H,3-6,9-12,14-15H2,1-2H3,(H,25,26,29). The maximum Gasteiger partial charge on any atom is 0.259 e. The number of aryl methyl sites for hydroxylation is 4. The molecule has 1 aliphatic heterocycles. The molecule has 1 aliphatic carbocycles. The van der Waals surface area contributed by atoms with E-state index in [9.17, 15) is 4.79 Å². The predicted octanol–water partition coefficient (Wildman–Crippen LogP) is 3.80. The number of rotatable bonds is 4. The SMILES string of the molecule is Cc1ccc(C)c(CN2CCN(Cc3nc4sc5c(c4c(=O)[nH]3)CCCC5)CC2)c1. The maximum absolute atomic E-state index is 12.8. The Bertz CT molecular complexity index is 1120. The Labute approximate surface area is 181 Å². The summed E-state index contributed by atoms with van der Waals surface area (Å²) in [5, 5.41) is 0.858. The second kappa shape index (κ2) is 8.25. The molecule has 30 heavy (non-hydrogen) atoms. The zero-order valence-electron chi connectivity index (χ0n) is 18.0. The van der Waals surface area contributed by atoms with Gasteiger partial charge >= 0.3 is 0 Å². The van der Waals surface area contributed by atoms with E-state index in [2.05, 4.69) is 46.8 Å². The molecule has 2 aromatic heterocycles. The summed E-state index contributed by atoms with van der Waals surface area (Å²) in [6, 6.07) is 6.72. The second-order valence-electron chi connectivity index (χ2n) is 8.89. The Morgan fingerprint density at radius 3 is 2.57 bits per heavy atom. The monoisotopic (exact) mass is 422 g/mol. The maximum atomic E-state index is 12.8. The van der Waals surface area contributed by atoms with Crippen molar-refractivity contribution in [2.24, 2.45) is 0 Å². The van der Waals surface area contributed by atoms with Gasteiger partial charge in [-0.1, -0.05) is 23.8 Å². The molecule has 0 bridgehead atoms. The Morgan fingerprint density at radius 1 is 1.03 bits per heavy atom. The molecule has 1 aromatic carbocycles. The highest BCUT2D eigenvalue weighted by Crippen LogP contribution is 2.33. The van der Waals surface area contributed by atoms with E-state index in [0.717, 1.165) is 68.2 Å². The molecule has 5 nitrogen and oxygen atoms in total. The van der Waals surface area contributed by atoms with Gasteiger partial charge in [0.25, 0.3) is 5.56 Å². The van der Waals surface area contributed by atoms with Gasteiger partial charge < -0.3 is 4.98 Å². The van der Waals surface area contributed by atoms with Crippen molar-refractivity contribution >= 4 is 21.6 Å². The lowest BCUT2D eigenvalue weighted by Gasteiger charge is -2.34. The van der Waals surface area contributed by atoms with Gasteiger partial charge in [-0.15, -0.1) is 11.3 Å². The van der Waals surface area contributed by atoms with Gasteiger partial charge in [-0.25, -0.2) is 4.98 Å². The molecular weight excluding hydrogens is 392 g/mol. The first-order valence-corrected chi connectivity index (χ1v) is 11.9. The zero-order chi connectivity index (χ0) is 20.7. The molecule has 0 spiro atoms. The summed E-state index contributed by atoms with van der Waals surface area (Å²) >= 11 is 1.74. The number of hydrogen-bond donors (Lipinski definition) is 1. The summed E-state index contributed by atoms with van der Waals surface area (Å²) in [5.41, 5.74) is 5.46. The van der Waals surface area contributed by atoms with E-state index in [4.69, 9.17) is 4.98 Å². The van der Waals surface area contributed by atoms with Gasteiger partial charge in [0.2, 0.25) is 0 Å². The first-order chi connectivity index (χ1) is 14.6. The first-order valence-electron chi connectivity index (χ1n) is 11.1. The molecule has 0 amide bonds. The molecule has 0 radical (unpaired) electrons. The summed E-state index contributed by atoms with van der Waals surface area (Å²) in [5.74, 6) is 0.814. The molecule has 1 N–H and O–H groups in total. The van der Waals surface area contributed by atoms with Crippen molar-refractivity contribution in [2.45, 2.75) is 52.6 Å². The van der Waals surface area contributed by atoms with Crippen LogP contribution in [0.3, 0.4) is 0 Å². The van der Waals surface area contributed by atoms with Crippen LogP contribution in [0.15, 0.2) is 23.0 Å². The van der Waals surface area contributed by atoms with Gasteiger partial charge in [0.1, 0.15) is 10.7 Å². The number of aromatic amines is 1. The Morgan fingerprint density at radius 2 is 1.77 bits per heavy atom. The summed E-state index contributed by atoms with van der Waals surface area (Å²) in [4.78, 5) is 28.0. The largest absolute Gasteiger partial charge is 0.309 e. The van der Waals surface area contributed by atoms with Crippen LogP contribution in [-0.2, 0) is 25.9 Å². The van der Waals surface area contributed by atoms with Crippen molar-refractivity contribution in [3.63, 3.8) is 0 Å². The number of H-pyrrole nitrogens is 1. The van der Waals surface area contributed by atoms with Crippen LogP contribution in [0.4, 0.5) is 0 Å². The summed E-state index contributed by atoms with van der Waals surface area (Å²) in [6.45, 7) is 10.2. The number of nitrogens with one attached hydrogen (secondary N) is 1. The highest BCUT2D eigenvalue weighted by molar-refractivity contribution is 7.18. The highest BCUT2D eigenvalue weighted by atomic mass is 32.1. The van der Waals surface area contributed by atoms with Gasteiger partial charge in [0.15, 0.2) is 0 Å². The molecule has 5 rings (SSSR count). The lowest BCUT2D eigenvalue weighted by Crippen LogP contribution is -2.45. The van der Waals surface area contributed by atoms with Crippen molar-refractivity contribution < 1.29 is 0 Å². The van der Waals surface area contributed by atoms with Crippen molar-refractivity contribution in [2.75, 3.05) is 26.2 Å². The topological polar surface area (TPSA) is 52.2 Å². The van der Waals surface area contributed by atoms with Crippen LogP contribution >= 0.6 is 11.3 Å². The van der Waals surface area contributed by atoms with Crippen LogP contribution in [0, 0.1) is 13.8 Å². The summed E-state index contributed by atoms with van der Waals surface area (Å²) in [6.07, 6.45) is 4.55. The summed E-state index contributed by atoms with van der Waals surface area (Å²) in [7, 11) is 0. The molecule has 3 aromatic rings. The molecule has 0 atom stereocenters. The number of fused-ring (bicyclic) bond motifs is 3. The third kappa shape index (κ3) is 3.96. The molecule has 3 heterocycles. The molecule has 1 fully saturated rings. The van der Waals surface area contributed by atoms with Crippen LogP contribution in [0.2, 0.25) is 0 Å². The number of thiophene rings is 1. The van der Waals surface area contributed by atoms with Crippen molar-refractivity contribution in [3.05, 3.63) is 61.5 Å². The van der Waals surface area contributed by atoms with Gasteiger partial charge in [-0.2, -0.15) is 0 Å². The Hall–Kier alpha value is -2.02. The fourth-order valence-corrected chi connectivity index (χ4v) is 6.09. The molecule has 2 aliphatic rings. The number of hydrogen-bond acceptors (Lipinski definition) is 5. The second-order valence-corrected chi connectivity index (χ2v) is 9.97. The van der Waals surface area contributed by atoms with Crippen molar-refractivity contribution in [1.29, 1.82) is 0 Å². The van der Waals surface area contributed by atoms with E-state index in [1.54, 1.807) is 11.3 Å². The summed E-state index contributed by atoms with van der Waals surface area (Å²) < 4.78 is 0. The molecule has 0 saturated carbocycles. The first kappa shape index (κ1) is 19.9. The van der Waals surface area contributed by atoms with Gasteiger partial charge in [-0.05, 0) is 56.2 Å². The molecular formula is C24H30N4OS. The normalized spacial score (nSPS) is 18.1. The van der Waals surface area contributed by atoms with Crippen LogP contribution in [0.1, 0.15) is 45.8 Å².